The molecule has 1 heterocycles. The third-order valence-electron chi connectivity index (χ3n) is 5.42. The van der Waals surface area contributed by atoms with Crippen LogP contribution in [-0.2, 0) is 6.42 Å². The van der Waals surface area contributed by atoms with Gasteiger partial charge >= 0.3 is 12.1 Å². The normalized spacial score (nSPS) is 14.3. The first kappa shape index (κ1) is 25.0. The molecular weight excluding hydrogens is 461 g/mol. The Kier molecular flexibility index (Phi) is 7.78. The summed E-state index contributed by atoms with van der Waals surface area (Å²) in [7, 11) is 0. The second-order valence-electron chi connectivity index (χ2n) is 8.45. The first-order valence-electron chi connectivity index (χ1n) is 10.8. The van der Waals surface area contributed by atoms with E-state index in [1.165, 1.54) is 18.2 Å². The van der Waals surface area contributed by atoms with E-state index in [0.717, 1.165) is 23.1 Å². The minimum absolute atomic E-state index is 0.0435. The van der Waals surface area contributed by atoms with Crippen LogP contribution in [0.2, 0.25) is 5.02 Å². The average Bonchev–Trinajstić information content (AvgIpc) is 3.18. The van der Waals surface area contributed by atoms with Crippen LogP contribution in [0.1, 0.15) is 37.6 Å². The minimum Gasteiger partial charge on any atom is -0.352 e. The highest BCUT2D eigenvalue weighted by Gasteiger charge is 2.34. The summed E-state index contributed by atoms with van der Waals surface area (Å²) in [5.74, 6) is -0.292. The number of aromatic amines is 1. The molecule has 1 aliphatic carbocycles. The molecule has 0 saturated carbocycles. The van der Waals surface area contributed by atoms with E-state index in [1.807, 2.05) is 18.2 Å². The van der Waals surface area contributed by atoms with Crippen molar-refractivity contribution in [3.8, 4) is 0 Å². The number of fused-ring (bicyclic) bond motifs is 3. The number of hydrogen-bond acceptors (Lipinski definition) is 3. The Morgan fingerprint density at radius 2 is 1.85 bits per heavy atom. The van der Waals surface area contributed by atoms with E-state index >= 15 is 0 Å². The van der Waals surface area contributed by atoms with Gasteiger partial charge in [0.25, 0.3) is 5.56 Å². The Morgan fingerprint density at radius 1 is 1.21 bits per heavy atom. The molecule has 0 spiro atoms. The van der Waals surface area contributed by atoms with Crippen molar-refractivity contribution in [1.29, 1.82) is 0 Å². The Hall–Kier alpha value is -3.59. The highest BCUT2D eigenvalue weighted by Crippen LogP contribution is 2.39. The van der Waals surface area contributed by atoms with Crippen molar-refractivity contribution >= 4 is 40.1 Å². The third-order valence-corrected chi connectivity index (χ3v) is 5.71. The fraction of sp³-hybridized carbons (Fsp3) is 0.292. The highest BCUT2D eigenvalue weighted by atomic mass is 35.5. The summed E-state index contributed by atoms with van der Waals surface area (Å²) in [6.45, 7) is 4.64. The SMILES string of the molecule is CC(C)CN(C(=O)Nc1ccc(F)c(Cl)c1)C1CCc2[nH]c(=O)c3ccccc3c21.NC(N)=O. The largest absolute Gasteiger partial charge is 0.352 e. The fourth-order valence-electron chi connectivity index (χ4n) is 4.18. The number of nitrogens with one attached hydrogen (secondary N) is 2. The van der Waals surface area contributed by atoms with Crippen molar-refractivity contribution in [2.75, 3.05) is 11.9 Å². The van der Waals surface area contributed by atoms with Gasteiger partial charge in [0, 0.05) is 28.9 Å². The van der Waals surface area contributed by atoms with Crippen LogP contribution in [0.5, 0.6) is 0 Å². The molecule has 0 radical (unpaired) electrons. The number of pyridine rings is 1. The van der Waals surface area contributed by atoms with Crippen LogP contribution in [-0.4, -0.2) is 28.5 Å². The van der Waals surface area contributed by atoms with Crippen LogP contribution in [0.3, 0.4) is 0 Å². The number of aryl methyl sites for hydroxylation is 1. The van der Waals surface area contributed by atoms with Gasteiger partial charge in [0.05, 0.1) is 11.1 Å². The summed E-state index contributed by atoms with van der Waals surface area (Å²) in [6.07, 6.45) is 1.42. The number of primary amides is 2. The van der Waals surface area contributed by atoms with E-state index in [9.17, 15) is 14.0 Å². The monoisotopic (exact) mass is 487 g/mol. The van der Waals surface area contributed by atoms with E-state index in [4.69, 9.17) is 16.4 Å². The molecule has 34 heavy (non-hydrogen) atoms. The number of nitrogens with two attached hydrogens (primary N) is 2. The molecule has 10 heteroatoms. The zero-order valence-electron chi connectivity index (χ0n) is 18.9. The summed E-state index contributed by atoms with van der Waals surface area (Å²) >= 11 is 5.86. The van der Waals surface area contributed by atoms with Gasteiger partial charge in [-0.1, -0.05) is 43.6 Å². The second kappa shape index (κ2) is 10.6. The molecule has 1 atom stereocenters. The number of carbonyl (C=O) groups is 2. The standard InChI is InChI=1S/C23H23ClFN3O2.CH4N2O/c1-13(2)12-28(23(30)26-14-7-8-18(25)17(24)11-14)20-10-9-19-21(20)15-5-3-4-6-16(15)22(29)27-19;2-1(3)4/h3-8,11,13,20H,9-10,12H2,1-2H3,(H,26,30)(H,27,29);(H4,2,3,4). The third kappa shape index (κ3) is 5.66. The Bertz CT molecular complexity index is 1270. The Labute approximate surface area is 201 Å². The van der Waals surface area contributed by atoms with Crippen molar-refractivity contribution in [1.82, 2.24) is 9.88 Å². The number of rotatable bonds is 4. The molecule has 1 aromatic heterocycles. The Balaban J connectivity index is 0.000000751. The van der Waals surface area contributed by atoms with E-state index < -0.39 is 11.8 Å². The van der Waals surface area contributed by atoms with Gasteiger partial charge in [0.2, 0.25) is 0 Å². The highest BCUT2D eigenvalue weighted by molar-refractivity contribution is 6.31. The molecule has 4 rings (SSSR count). The summed E-state index contributed by atoms with van der Waals surface area (Å²) in [4.78, 5) is 39.5. The maximum atomic E-state index is 13.5. The van der Waals surface area contributed by atoms with Crippen molar-refractivity contribution in [3.63, 3.8) is 0 Å². The van der Waals surface area contributed by atoms with Gasteiger partial charge in [-0.2, -0.15) is 0 Å². The molecule has 0 fully saturated rings. The van der Waals surface area contributed by atoms with Gasteiger partial charge in [-0.3, -0.25) is 4.79 Å². The molecule has 8 nitrogen and oxygen atoms in total. The predicted molar refractivity (Wildman–Crippen MR) is 131 cm³/mol. The zero-order chi connectivity index (χ0) is 25.0. The van der Waals surface area contributed by atoms with Crippen molar-refractivity contribution in [2.24, 2.45) is 17.4 Å². The van der Waals surface area contributed by atoms with Gasteiger partial charge in [-0.05, 0) is 48.4 Å². The minimum atomic E-state index is -0.833. The number of nitrogens with zero attached hydrogens (tertiary/aromatic N) is 1. The predicted octanol–water partition coefficient (Wildman–Crippen LogP) is 4.52. The number of amides is 4. The second-order valence-corrected chi connectivity index (χ2v) is 8.86. The molecule has 0 aliphatic heterocycles. The topological polar surface area (TPSA) is 134 Å². The maximum absolute atomic E-state index is 13.5. The summed E-state index contributed by atoms with van der Waals surface area (Å²) in [6, 6.07) is 10.3. The van der Waals surface area contributed by atoms with Crippen molar-refractivity contribution in [2.45, 2.75) is 32.7 Å². The van der Waals surface area contributed by atoms with Crippen LogP contribution < -0.4 is 22.3 Å². The average molecular weight is 488 g/mol. The molecule has 1 unspecified atom stereocenters. The molecule has 0 bridgehead atoms. The summed E-state index contributed by atoms with van der Waals surface area (Å²) in [5, 5.41) is 4.31. The lowest BCUT2D eigenvalue weighted by atomic mass is 10.0. The van der Waals surface area contributed by atoms with Gasteiger partial charge in [-0.15, -0.1) is 0 Å². The van der Waals surface area contributed by atoms with Crippen molar-refractivity contribution < 1.29 is 14.0 Å². The van der Waals surface area contributed by atoms with Gasteiger partial charge in [0.1, 0.15) is 5.82 Å². The number of urea groups is 2. The van der Waals surface area contributed by atoms with E-state index in [1.54, 1.807) is 11.0 Å². The fourth-order valence-corrected chi connectivity index (χ4v) is 4.36. The first-order chi connectivity index (χ1) is 16.1. The van der Waals surface area contributed by atoms with Crippen LogP contribution >= 0.6 is 11.6 Å². The van der Waals surface area contributed by atoms with Gasteiger partial charge < -0.3 is 26.7 Å². The molecule has 0 saturated heterocycles. The number of H-pyrrole nitrogens is 1. The molecule has 1 aliphatic rings. The summed E-state index contributed by atoms with van der Waals surface area (Å²) < 4.78 is 13.5. The van der Waals surface area contributed by atoms with E-state index in [-0.39, 0.29) is 28.6 Å². The number of aromatic nitrogens is 1. The van der Waals surface area contributed by atoms with Gasteiger partial charge in [0.15, 0.2) is 0 Å². The molecule has 2 aromatic carbocycles. The van der Waals surface area contributed by atoms with Crippen LogP contribution in [0.25, 0.3) is 10.8 Å². The summed E-state index contributed by atoms with van der Waals surface area (Å²) in [5.41, 5.74) is 10.7. The lowest BCUT2D eigenvalue weighted by Gasteiger charge is -2.32. The quantitative estimate of drug-likeness (QED) is 0.430. The van der Waals surface area contributed by atoms with Crippen LogP contribution in [0.15, 0.2) is 47.3 Å². The Morgan fingerprint density at radius 3 is 2.47 bits per heavy atom. The lowest BCUT2D eigenvalue weighted by Crippen LogP contribution is -2.40. The van der Waals surface area contributed by atoms with E-state index in [0.29, 0.717) is 24.0 Å². The number of carbonyl (C=O) groups excluding carboxylic acids is 2. The number of benzene rings is 2. The first-order valence-corrected chi connectivity index (χ1v) is 11.2. The van der Waals surface area contributed by atoms with E-state index in [2.05, 4.69) is 35.6 Å². The lowest BCUT2D eigenvalue weighted by molar-refractivity contribution is 0.178. The molecule has 3 aromatic rings. The number of anilines is 1. The molecule has 180 valence electrons. The van der Waals surface area contributed by atoms with Gasteiger partial charge in [-0.25, -0.2) is 14.0 Å². The van der Waals surface area contributed by atoms with Crippen LogP contribution in [0.4, 0.5) is 19.7 Å². The number of halogens is 2. The molecular formula is C24H27ClFN5O3. The zero-order valence-corrected chi connectivity index (χ0v) is 19.7. The maximum Gasteiger partial charge on any atom is 0.322 e. The number of hydrogen-bond donors (Lipinski definition) is 4. The van der Waals surface area contributed by atoms with Crippen molar-refractivity contribution in [3.05, 3.63) is 74.9 Å². The molecule has 4 amide bonds. The molecule has 6 N–H and O–H groups in total. The smallest absolute Gasteiger partial charge is 0.322 e. The van der Waals surface area contributed by atoms with Crippen LogP contribution in [0, 0.1) is 11.7 Å².